The minimum Gasteiger partial charge on any atom is -0.357 e. The summed E-state index contributed by atoms with van der Waals surface area (Å²) in [6, 6.07) is 9.70. The van der Waals surface area contributed by atoms with E-state index in [1.54, 1.807) is 19.0 Å². The summed E-state index contributed by atoms with van der Waals surface area (Å²) in [5, 5.41) is 13.8. The van der Waals surface area contributed by atoms with Gasteiger partial charge in [-0.2, -0.15) is 4.98 Å². The van der Waals surface area contributed by atoms with Crippen molar-refractivity contribution in [2.24, 2.45) is 0 Å². The van der Waals surface area contributed by atoms with E-state index in [2.05, 4.69) is 15.3 Å². The zero-order chi connectivity index (χ0) is 14.5. The van der Waals surface area contributed by atoms with Gasteiger partial charge in [0.05, 0.1) is 4.92 Å². The Bertz CT molecular complexity index is 603. The summed E-state index contributed by atoms with van der Waals surface area (Å²) < 4.78 is 0. The molecule has 20 heavy (non-hydrogen) atoms. The first-order valence-corrected chi connectivity index (χ1v) is 6.06. The second kappa shape index (κ2) is 5.96. The monoisotopic (exact) mass is 273 g/mol. The van der Waals surface area contributed by atoms with Crippen LogP contribution in [0.5, 0.6) is 0 Å². The van der Waals surface area contributed by atoms with E-state index in [-0.39, 0.29) is 5.69 Å². The van der Waals surface area contributed by atoms with Crippen LogP contribution in [0.25, 0.3) is 0 Å². The number of hydrogen-bond acceptors (Lipinski definition) is 6. The lowest BCUT2D eigenvalue weighted by Gasteiger charge is -2.18. The molecule has 104 valence electrons. The lowest BCUT2D eigenvalue weighted by molar-refractivity contribution is -0.384. The molecule has 7 nitrogen and oxygen atoms in total. The van der Waals surface area contributed by atoms with Crippen molar-refractivity contribution in [2.45, 2.75) is 6.54 Å². The maximum Gasteiger partial charge on any atom is 0.329 e. The van der Waals surface area contributed by atoms with Crippen molar-refractivity contribution in [1.82, 2.24) is 9.97 Å². The topological polar surface area (TPSA) is 84.2 Å². The molecule has 0 saturated carbocycles. The van der Waals surface area contributed by atoms with E-state index < -0.39 is 4.92 Å². The molecule has 0 unspecified atom stereocenters. The number of benzene rings is 1. The molecular formula is C13H15N5O2. The van der Waals surface area contributed by atoms with Crippen molar-refractivity contribution < 1.29 is 4.92 Å². The summed E-state index contributed by atoms with van der Waals surface area (Å²) in [6.45, 7) is 0.530. The first kappa shape index (κ1) is 13.7. The molecule has 2 rings (SSSR count). The minimum absolute atomic E-state index is 0.109. The summed E-state index contributed by atoms with van der Waals surface area (Å²) in [5.74, 6) is 0.642. The Kier molecular flexibility index (Phi) is 4.09. The van der Waals surface area contributed by atoms with Gasteiger partial charge in [0.2, 0.25) is 11.8 Å². The highest BCUT2D eigenvalue weighted by Crippen LogP contribution is 2.26. The van der Waals surface area contributed by atoms with Gasteiger partial charge in [0.1, 0.15) is 6.20 Å². The number of nitrogens with one attached hydrogen (secondary N) is 1. The second-order valence-electron chi connectivity index (χ2n) is 4.25. The van der Waals surface area contributed by atoms with Crippen molar-refractivity contribution in [2.75, 3.05) is 24.3 Å². The van der Waals surface area contributed by atoms with Crippen LogP contribution < -0.4 is 10.2 Å². The highest BCUT2D eigenvalue weighted by Gasteiger charge is 2.20. The summed E-state index contributed by atoms with van der Waals surface area (Å²) in [4.78, 5) is 20.4. The summed E-state index contributed by atoms with van der Waals surface area (Å²) in [6.07, 6.45) is 1.22. The van der Waals surface area contributed by atoms with Crippen molar-refractivity contribution >= 4 is 17.5 Å². The predicted octanol–water partition coefficient (Wildman–Crippen LogP) is 2.06. The van der Waals surface area contributed by atoms with Crippen LogP contribution in [0.1, 0.15) is 5.56 Å². The molecule has 0 radical (unpaired) electrons. The zero-order valence-corrected chi connectivity index (χ0v) is 11.3. The van der Waals surface area contributed by atoms with Gasteiger partial charge in [-0.25, -0.2) is 4.98 Å². The van der Waals surface area contributed by atoms with Crippen LogP contribution in [0.3, 0.4) is 0 Å². The average Bonchev–Trinajstić information content (AvgIpc) is 2.47. The lowest BCUT2D eigenvalue weighted by atomic mass is 10.2. The molecular weight excluding hydrogens is 258 g/mol. The van der Waals surface area contributed by atoms with E-state index in [1.165, 1.54) is 6.20 Å². The van der Waals surface area contributed by atoms with Gasteiger partial charge in [-0.1, -0.05) is 30.3 Å². The third-order valence-electron chi connectivity index (χ3n) is 2.79. The van der Waals surface area contributed by atoms with Gasteiger partial charge < -0.3 is 10.2 Å². The Labute approximate surface area is 116 Å². The number of anilines is 2. The van der Waals surface area contributed by atoms with Crippen LogP contribution in [-0.2, 0) is 6.54 Å². The third kappa shape index (κ3) is 3.00. The molecule has 0 aliphatic rings. The van der Waals surface area contributed by atoms with Crippen molar-refractivity contribution in [1.29, 1.82) is 0 Å². The maximum atomic E-state index is 11.1. The zero-order valence-electron chi connectivity index (χ0n) is 11.3. The molecule has 0 fully saturated rings. The largest absolute Gasteiger partial charge is 0.357 e. The standard InChI is InChI=1S/C13H15N5O2/c1-14-13-15-8-11(18(19)20)12(16-13)17(2)9-10-6-4-3-5-7-10/h3-8H,9H2,1-2H3,(H,14,15,16). The van der Waals surface area contributed by atoms with Crippen molar-refractivity contribution in [3.8, 4) is 0 Å². The number of rotatable bonds is 5. The van der Waals surface area contributed by atoms with Crippen LogP contribution in [0.15, 0.2) is 36.5 Å². The first-order valence-electron chi connectivity index (χ1n) is 6.06. The Hall–Kier alpha value is -2.70. The Morgan fingerprint density at radius 2 is 2.05 bits per heavy atom. The molecule has 0 amide bonds. The molecule has 1 heterocycles. The Morgan fingerprint density at radius 3 is 2.65 bits per heavy atom. The fourth-order valence-electron chi connectivity index (χ4n) is 1.83. The van der Waals surface area contributed by atoms with E-state index in [1.807, 2.05) is 30.3 Å². The minimum atomic E-state index is -0.476. The van der Waals surface area contributed by atoms with Gasteiger partial charge in [-0.3, -0.25) is 10.1 Å². The SMILES string of the molecule is CNc1ncc([N+](=O)[O-])c(N(C)Cc2ccccc2)n1. The fraction of sp³-hybridized carbons (Fsp3) is 0.231. The molecule has 2 aromatic rings. The lowest BCUT2D eigenvalue weighted by Crippen LogP contribution is -2.20. The molecule has 0 saturated heterocycles. The number of hydrogen-bond donors (Lipinski definition) is 1. The molecule has 0 bridgehead atoms. The second-order valence-corrected chi connectivity index (χ2v) is 4.25. The van der Waals surface area contributed by atoms with Gasteiger partial charge in [0, 0.05) is 20.6 Å². The molecule has 1 aromatic heterocycles. The smallest absolute Gasteiger partial charge is 0.329 e. The highest BCUT2D eigenvalue weighted by atomic mass is 16.6. The van der Waals surface area contributed by atoms with Crippen LogP contribution >= 0.6 is 0 Å². The van der Waals surface area contributed by atoms with Gasteiger partial charge in [0.25, 0.3) is 0 Å². The van der Waals surface area contributed by atoms with E-state index in [4.69, 9.17) is 0 Å². The van der Waals surface area contributed by atoms with Gasteiger partial charge in [-0.15, -0.1) is 0 Å². The molecule has 0 aliphatic carbocycles. The third-order valence-corrected chi connectivity index (χ3v) is 2.79. The van der Waals surface area contributed by atoms with Gasteiger partial charge in [0.15, 0.2) is 0 Å². The fourth-order valence-corrected chi connectivity index (χ4v) is 1.83. The molecule has 1 aromatic carbocycles. The molecule has 0 aliphatic heterocycles. The van der Waals surface area contributed by atoms with Crippen molar-refractivity contribution in [3.63, 3.8) is 0 Å². The molecule has 7 heteroatoms. The van der Waals surface area contributed by atoms with Crippen LogP contribution in [0.4, 0.5) is 17.5 Å². The number of nitro groups is 1. The summed E-state index contributed by atoms with van der Waals surface area (Å²) in [5.41, 5.74) is 0.941. The quantitative estimate of drug-likeness (QED) is 0.663. The van der Waals surface area contributed by atoms with Crippen LogP contribution in [0.2, 0.25) is 0 Å². The summed E-state index contributed by atoms with van der Waals surface area (Å²) >= 11 is 0. The van der Waals surface area contributed by atoms with E-state index in [0.717, 1.165) is 5.56 Å². The van der Waals surface area contributed by atoms with Crippen LogP contribution in [-0.4, -0.2) is 29.0 Å². The van der Waals surface area contributed by atoms with Crippen LogP contribution in [0, 0.1) is 10.1 Å². The average molecular weight is 273 g/mol. The van der Waals surface area contributed by atoms with E-state index in [9.17, 15) is 10.1 Å². The molecule has 0 spiro atoms. The van der Waals surface area contributed by atoms with E-state index >= 15 is 0 Å². The highest BCUT2D eigenvalue weighted by molar-refractivity contribution is 5.58. The Morgan fingerprint density at radius 1 is 1.35 bits per heavy atom. The molecule has 1 N–H and O–H groups in total. The predicted molar refractivity (Wildman–Crippen MR) is 76.8 cm³/mol. The van der Waals surface area contributed by atoms with Crippen molar-refractivity contribution in [3.05, 3.63) is 52.2 Å². The number of aromatic nitrogens is 2. The maximum absolute atomic E-state index is 11.1. The van der Waals surface area contributed by atoms with Gasteiger partial charge >= 0.3 is 5.69 Å². The van der Waals surface area contributed by atoms with E-state index in [0.29, 0.717) is 18.3 Å². The number of nitrogens with zero attached hydrogens (tertiary/aromatic N) is 4. The Balaban J connectivity index is 2.32. The first-order chi connectivity index (χ1) is 9.61. The van der Waals surface area contributed by atoms with Gasteiger partial charge in [-0.05, 0) is 5.56 Å². The summed E-state index contributed by atoms with van der Waals surface area (Å²) in [7, 11) is 3.43. The normalized spacial score (nSPS) is 10.1. The molecule has 0 atom stereocenters.